The van der Waals surface area contributed by atoms with Crippen molar-refractivity contribution in [2.75, 3.05) is 11.9 Å². The van der Waals surface area contributed by atoms with Crippen LogP contribution >= 0.6 is 12.2 Å². The Morgan fingerprint density at radius 2 is 1.62 bits per heavy atom. The van der Waals surface area contributed by atoms with Gasteiger partial charge >= 0.3 is 0 Å². The van der Waals surface area contributed by atoms with Gasteiger partial charge in [-0.2, -0.15) is 0 Å². The highest BCUT2D eigenvalue weighted by molar-refractivity contribution is 7.80. The quantitative estimate of drug-likeness (QED) is 0.629. The molecule has 0 bridgehead atoms. The number of nitrogens with zero attached hydrogens (tertiary/aromatic N) is 1. The number of ether oxygens (including phenoxy) is 1. The number of benzene rings is 2. The van der Waals surface area contributed by atoms with Crippen molar-refractivity contribution in [2.45, 2.75) is 13.0 Å². The van der Waals surface area contributed by atoms with E-state index < -0.39 is 0 Å². The van der Waals surface area contributed by atoms with E-state index in [1.54, 1.807) is 12.4 Å². The van der Waals surface area contributed by atoms with Gasteiger partial charge in [0.25, 0.3) is 0 Å². The summed E-state index contributed by atoms with van der Waals surface area (Å²) in [6.45, 7) is 2.62. The number of hydrogen-bond donors (Lipinski definition) is 2. The molecule has 132 valence electrons. The first-order valence-electron chi connectivity index (χ1n) is 8.51. The monoisotopic (exact) mass is 363 g/mol. The van der Waals surface area contributed by atoms with Gasteiger partial charge in [0, 0.05) is 18.1 Å². The molecule has 0 aliphatic rings. The Hall–Kier alpha value is -2.92. The van der Waals surface area contributed by atoms with Crippen LogP contribution in [0.4, 0.5) is 5.69 Å². The molecule has 1 aromatic heterocycles. The van der Waals surface area contributed by atoms with Crippen LogP contribution < -0.4 is 15.4 Å². The van der Waals surface area contributed by atoms with Crippen LogP contribution in [-0.4, -0.2) is 16.7 Å². The van der Waals surface area contributed by atoms with Crippen molar-refractivity contribution >= 4 is 23.0 Å². The number of rotatable bonds is 6. The summed E-state index contributed by atoms with van der Waals surface area (Å²) in [5, 5.41) is 7.18. The predicted octanol–water partition coefficient (Wildman–Crippen LogP) is 4.56. The van der Waals surface area contributed by atoms with E-state index in [1.165, 1.54) is 0 Å². The van der Waals surface area contributed by atoms with Crippen molar-refractivity contribution in [1.29, 1.82) is 0 Å². The van der Waals surface area contributed by atoms with E-state index in [9.17, 15) is 0 Å². The third-order valence-electron chi connectivity index (χ3n) is 3.87. The number of anilines is 1. The molecule has 0 radical (unpaired) electrons. The average molecular weight is 363 g/mol. The van der Waals surface area contributed by atoms with Crippen LogP contribution in [0.15, 0.2) is 79.1 Å². The molecule has 0 aliphatic carbocycles. The molecule has 3 aromatic rings. The topological polar surface area (TPSA) is 46.2 Å². The van der Waals surface area contributed by atoms with Crippen molar-refractivity contribution in [1.82, 2.24) is 10.3 Å². The first-order chi connectivity index (χ1) is 12.8. The van der Waals surface area contributed by atoms with Gasteiger partial charge in [0.2, 0.25) is 0 Å². The van der Waals surface area contributed by atoms with E-state index in [0.717, 1.165) is 22.6 Å². The zero-order chi connectivity index (χ0) is 18.2. The van der Waals surface area contributed by atoms with Gasteiger partial charge in [0.15, 0.2) is 5.11 Å². The highest BCUT2D eigenvalue weighted by atomic mass is 32.1. The Balaban J connectivity index is 1.73. The van der Waals surface area contributed by atoms with E-state index in [-0.39, 0.29) is 6.04 Å². The largest absolute Gasteiger partial charge is 0.494 e. The maximum absolute atomic E-state index is 5.53. The van der Waals surface area contributed by atoms with Crippen molar-refractivity contribution in [3.8, 4) is 5.75 Å². The van der Waals surface area contributed by atoms with Crippen molar-refractivity contribution in [3.63, 3.8) is 0 Å². The van der Waals surface area contributed by atoms with Gasteiger partial charge < -0.3 is 15.4 Å². The molecular formula is C21H21N3OS. The van der Waals surface area contributed by atoms with Gasteiger partial charge in [-0.15, -0.1) is 0 Å². The molecule has 3 rings (SSSR count). The van der Waals surface area contributed by atoms with Crippen molar-refractivity contribution < 1.29 is 4.74 Å². The summed E-state index contributed by atoms with van der Waals surface area (Å²) in [6, 6.07) is 21.9. The molecule has 26 heavy (non-hydrogen) atoms. The van der Waals surface area contributed by atoms with Crippen molar-refractivity contribution in [2.24, 2.45) is 0 Å². The lowest BCUT2D eigenvalue weighted by Crippen LogP contribution is -2.33. The van der Waals surface area contributed by atoms with Crippen LogP contribution in [0.2, 0.25) is 0 Å². The predicted molar refractivity (Wildman–Crippen MR) is 109 cm³/mol. The minimum atomic E-state index is -0.0538. The molecule has 0 aliphatic heterocycles. The molecule has 0 fully saturated rings. The highest BCUT2D eigenvalue weighted by Crippen LogP contribution is 2.22. The number of thiocarbonyl (C=S) groups is 1. The Labute approximate surface area is 159 Å². The fourth-order valence-corrected chi connectivity index (χ4v) is 2.90. The van der Waals surface area contributed by atoms with Crippen LogP contribution in [0.1, 0.15) is 24.1 Å². The zero-order valence-corrected chi connectivity index (χ0v) is 15.4. The first-order valence-corrected chi connectivity index (χ1v) is 8.92. The van der Waals surface area contributed by atoms with Crippen LogP contribution in [0.25, 0.3) is 0 Å². The molecule has 0 saturated carbocycles. The van der Waals surface area contributed by atoms with E-state index in [2.05, 4.69) is 27.8 Å². The van der Waals surface area contributed by atoms with Gasteiger partial charge in [-0.3, -0.25) is 4.98 Å². The average Bonchev–Trinajstić information content (AvgIpc) is 2.69. The van der Waals surface area contributed by atoms with Crippen molar-refractivity contribution in [3.05, 3.63) is 90.3 Å². The summed E-state index contributed by atoms with van der Waals surface area (Å²) < 4.78 is 5.46. The molecule has 1 heterocycles. The van der Waals surface area contributed by atoms with Gasteiger partial charge in [0.1, 0.15) is 5.75 Å². The second-order valence-electron chi connectivity index (χ2n) is 5.68. The lowest BCUT2D eigenvalue weighted by molar-refractivity contribution is 0.340. The van der Waals surface area contributed by atoms with Crippen LogP contribution in [0.5, 0.6) is 5.75 Å². The summed E-state index contributed by atoms with van der Waals surface area (Å²) >= 11 is 5.53. The second-order valence-corrected chi connectivity index (χ2v) is 6.09. The molecule has 2 N–H and O–H groups in total. The van der Waals surface area contributed by atoms with E-state index in [4.69, 9.17) is 17.0 Å². The summed E-state index contributed by atoms with van der Waals surface area (Å²) in [7, 11) is 0. The zero-order valence-electron chi connectivity index (χ0n) is 14.6. The summed E-state index contributed by atoms with van der Waals surface area (Å²) in [4.78, 5) is 4.10. The maximum Gasteiger partial charge on any atom is 0.171 e. The van der Waals surface area contributed by atoms with Gasteiger partial charge in [-0.05, 0) is 66.7 Å². The van der Waals surface area contributed by atoms with Gasteiger partial charge in [-0.1, -0.05) is 30.3 Å². The lowest BCUT2D eigenvalue weighted by Gasteiger charge is -2.22. The molecule has 0 amide bonds. The summed E-state index contributed by atoms with van der Waals surface area (Å²) in [5.41, 5.74) is 3.14. The SMILES string of the molecule is CCOc1ccc(NC(=S)N[C@H](c2ccccc2)c2ccncc2)cc1. The van der Waals surface area contributed by atoms with Gasteiger partial charge in [0.05, 0.1) is 12.6 Å². The Bertz CT molecular complexity index is 783. The van der Waals surface area contributed by atoms with Gasteiger partial charge in [-0.25, -0.2) is 0 Å². The fourth-order valence-electron chi connectivity index (χ4n) is 2.66. The second kappa shape index (κ2) is 8.97. The normalized spacial score (nSPS) is 11.4. The first kappa shape index (κ1) is 17.9. The molecular weight excluding hydrogens is 342 g/mol. The minimum absolute atomic E-state index is 0.0538. The third kappa shape index (κ3) is 4.80. The molecule has 1 atom stereocenters. The summed E-state index contributed by atoms with van der Waals surface area (Å²) in [6.07, 6.45) is 3.58. The number of aromatic nitrogens is 1. The summed E-state index contributed by atoms with van der Waals surface area (Å²) in [5.74, 6) is 0.843. The fraction of sp³-hybridized carbons (Fsp3) is 0.143. The Morgan fingerprint density at radius 1 is 0.962 bits per heavy atom. The van der Waals surface area contributed by atoms with E-state index in [1.807, 2.05) is 61.5 Å². The number of hydrogen-bond acceptors (Lipinski definition) is 3. The molecule has 0 spiro atoms. The van der Waals surface area contributed by atoms with E-state index >= 15 is 0 Å². The molecule has 2 aromatic carbocycles. The highest BCUT2D eigenvalue weighted by Gasteiger charge is 2.15. The number of pyridine rings is 1. The Kier molecular flexibility index (Phi) is 6.17. The molecule has 0 unspecified atom stereocenters. The Morgan fingerprint density at radius 3 is 2.27 bits per heavy atom. The van der Waals surface area contributed by atoms with E-state index in [0.29, 0.717) is 11.7 Å². The van der Waals surface area contributed by atoms with Crippen LogP contribution in [0.3, 0.4) is 0 Å². The number of nitrogens with one attached hydrogen (secondary N) is 2. The standard InChI is InChI=1S/C21H21N3OS/c1-2-25-19-10-8-18(9-11-19)23-21(26)24-20(16-6-4-3-5-7-16)17-12-14-22-15-13-17/h3-15,20H,2H2,1H3,(H2,23,24,26)/t20-/m1/s1. The minimum Gasteiger partial charge on any atom is -0.494 e. The molecule has 5 heteroatoms. The molecule has 4 nitrogen and oxygen atoms in total. The smallest absolute Gasteiger partial charge is 0.171 e. The third-order valence-corrected chi connectivity index (χ3v) is 4.09. The maximum atomic E-state index is 5.53. The van der Waals surface area contributed by atoms with Crippen LogP contribution in [0, 0.1) is 0 Å². The molecule has 0 saturated heterocycles. The van der Waals surface area contributed by atoms with Crippen LogP contribution in [-0.2, 0) is 0 Å². The lowest BCUT2D eigenvalue weighted by atomic mass is 10.00.